The van der Waals surface area contributed by atoms with Gasteiger partial charge in [0.2, 0.25) is 5.89 Å². The number of hydrogen-bond donors (Lipinski definition) is 3. The molecule has 2 heterocycles. The first kappa shape index (κ1) is 15.7. The highest BCUT2D eigenvalue weighted by Crippen LogP contribution is 2.27. The third-order valence-corrected chi connectivity index (χ3v) is 3.47. The van der Waals surface area contributed by atoms with Crippen molar-refractivity contribution in [3.05, 3.63) is 47.7 Å². The van der Waals surface area contributed by atoms with Gasteiger partial charge in [-0.2, -0.15) is 10.1 Å². The molecule has 24 heavy (non-hydrogen) atoms. The molecule has 8 heteroatoms. The average Bonchev–Trinajstić information content (AvgIpc) is 3.20. The van der Waals surface area contributed by atoms with E-state index in [9.17, 15) is 4.79 Å². The van der Waals surface area contributed by atoms with Crippen LogP contribution in [0.2, 0.25) is 0 Å². The number of nitrogens with two attached hydrogens (primary N) is 1. The van der Waals surface area contributed by atoms with Gasteiger partial charge in [0, 0.05) is 5.92 Å². The van der Waals surface area contributed by atoms with Crippen LogP contribution >= 0.6 is 0 Å². The molecule has 1 aromatic carbocycles. The SMILES string of the molecule is CC(C)c1nc(CNC(=O)c2[nH]nc(N)c2-c2ccccc2)no1. The monoisotopic (exact) mass is 326 g/mol. The van der Waals surface area contributed by atoms with Crippen molar-refractivity contribution in [2.75, 3.05) is 5.73 Å². The lowest BCUT2D eigenvalue weighted by molar-refractivity contribution is 0.0945. The Balaban J connectivity index is 1.76. The summed E-state index contributed by atoms with van der Waals surface area (Å²) in [6.07, 6.45) is 0. The maximum Gasteiger partial charge on any atom is 0.270 e. The Morgan fingerprint density at radius 2 is 2.08 bits per heavy atom. The molecule has 124 valence electrons. The molecular weight excluding hydrogens is 308 g/mol. The smallest absolute Gasteiger partial charge is 0.270 e. The highest BCUT2D eigenvalue weighted by atomic mass is 16.5. The van der Waals surface area contributed by atoms with E-state index in [1.165, 1.54) is 0 Å². The molecule has 0 atom stereocenters. The van der Waals surface area contributed by atoms with Crippen LogP contribution in [-0.2, 0) is 6.54 Å². The number of aromatic nitrogens is 4. The number of nitrogens with one attached hydrogen (secondary N) is 2. The predicted molar refractivity (Wildman–Crippen MR) is 88.0 cm³/mol. The molecule has 0 saturated heterocycles. The summed E-state index contributed by atoms with van der Waals surface area (Å²) in [6.45, 7) is 4.06. The van der Waals surface area contributed by atoms with Gasteiger partial charge in [-0.05, 0) is 5.56 Å². The van der Waals surface area contributed by atoms with Crippen molar-refractivity contribution < 1.29 is 9.32 Å². The number of carbonyl (C=O) groups is 1. The molecule has 0 aliphatic heterocycles. The average molecular weight is 326 g/mol. The Labute approximate surface area is 138 Å². The van der Waals surface area contributed by atoms with E-state index in [4.69, 9.17) is 10.3 Å². The van der Waals surface area contributed by atoms with Crippen LogP contribution in [0.1, 0.15) is 42.0 Å². The van der Waals surface area contributed by atoms with Crippen molar-refractivity contribution in [3.8, 4) is 11.1 Å². The number of carbonyl (C=O) groups excluding carboxylic acids is 1. The van der Waals surface area contributed by atoms with Gasteiger partial charge in [-0.3, -0.25) is 9.89 Å². The van der Waals surface area contributed by atoms with Gasteiger partial charge in [-0.25, -0.2) is 0 Å². The number of rotatable bonds is 5. The molecule has 3 aromatic rings. The molecule has 2 aromatic heterocycles. The minimum atomic E-state index is -0.339. The zero-order valence-electron chi connectivity index (χ0n) is 13.4. The molecular formula is C16H18N6O2. The summed E-state index contributed by atoms with van der Waals surface area (Å²) in [5.41, 5.74) is 7.58. The van der Waals surface area contributed by atoms with E-state index in [1.807, 2.05) is 44.2 Å². The quantitative estimate of drug-likeness (QED) is 0.660. The summed E-state index contributed by atoms with van der Waals surface area (Å²) in [7, 11) is 0. The van der Waals surface area contributed by atoms with Crippen molar-refractivity contribution >= 4 is 11.7 Å². The third kappa shape index (κ3) is 3.12. The molecule has 0 unspecified atom stereocenters. The lowest BCUT2D eigenvalue weighted by atomic mass is 10.1. The van der Waals surface area contributed by atoms with Crippen LogP contribution in [0.25, 0.3) is 11.1 Å². The molecule has 0 spiro atoms. The second-order valence-electron chi connectivity index (χ2n) is 5.61. The van der Waals surface area contributed by atoms with Crippen LogP contribution in [0.4, 0.5) is 5.82 Å². The Kier molecular flexibility index (Phi) is 4.28. The van der Waals surface area contributed by atoms with E-state index in [0.717, 1.165) is 5.56 Å². The molecule has 0 aliphatic rings. The second-order valence-corrected chi connectivity index (χ2v) is 5.61. The first-order valence-electron chi connectivity index (χ1n) is 7.56. The van der Waals surface area contributed by atoms with E-state index in [0.29, 0.717) is 23.0 Å². The summed E-state index contributed by atoms with van der Waals surface area (Å²) in [5, 5.41) is 13.2. The van der Waals surface area contributed by atoms with Crippen molar-refractivity contribution in [3.63, 3.8) is 0 Å². The summed E-state index contributed by atoms with van der Waals surface area (Å²) in [5.74, 6) is 1.02. The molecule has 4 N–H and O–H groups in total. The van der Waals surface area contributed by atoms with E-state index in [-0.39, 0.29) is 24.2 Å². The normalized spacial score (nSPS) is 11.0. The topological polar surface area (TPSA) is 123 Å². The predicted octanol–water partition coefficient (Wildman–Crippen LogP) is 2.10. The van der Waals surface area contributed by atoms with Gasteiger partial charge in [0.1, 0.15) is 5.69 Å². The Morgan fingerprint density at radius 3 is 2.75 bits per heavy atom. The molecule has 3 rings (SSSR count). The summed E-state index contributed by atoms with van der Waals surface area (Å²) in [4.78, 5) is 16.7. The number of aromatic amines is 1. The maximum absolute atomic E-state index is 12.4. The van der Waals surface area contributed by atoms with Crippen molar-refractivity contribution in [1.82, 2.24) is 25.7 Å². The first-order chi connectivity index (χ1) is 11.6. The number of benzene rings is 1. The fourth-order valence-corrected chi connectivity index (χ4v) is 2.24. The standard InChI is InChI=1S/C16H18N6O2/c1-9(2)16-19-11(22-24-16)8-18-15(23)13-12(14(17)21-20-13)10-6-4-3-5-7-10/h3-7,9H,8H2,1-2H3,(H,18,23)(H3,17,20,21). The fraction of sp³-hybridized carbons (Fsp3) is 0.250. The van der Waals surface area contributed by atoms with E-state index in [2.05, 4.69) is 25.7 Å². The van der Waals surface area contributed by atoms with Crippen LogP contribution < -0.4 is 11.1 Å². The molecule has 8 nitrogen and oxygen atoms in total. The Morgan fingerprint density at radius 1 is 1.33 bits per heavy atom. The summed E-state index contributed by atoms with van der Waals surface area (Å²) < 4.78 is 5.11. The Hall–Kier alpha value is -3.16. The molecule has 0 bridgehead atoms. The molecule has 0 aliphatic carbocycles. The van der Waals surface area contributed by atoms with Gasteiger partial charge < -0.3 is 15.6 Å². The van der Waals surface area contributed by atoms with Crippen molar-refractivity contribution in [1.29, 1.82) is 0 Å². The maximum atomic E-state index is 12.4. The molecule has 0 radical (unpaired) electrons. The number of amides is 1. The van der Waals surface area contributed by atoms with Crippen LogP contribution in [-0.4, -0.2) is 26.2 Å². The van der Waals surface area contributed by atoms with E-state index < -0.39 is 0 Å². The van der Waals surface area contributed by atoms with Crippen LogP contribution in [0.3, 0.4) is 0 Å². The highest BCUT2D eigenvalue weighted by Gasteiger charge is 2.19. The number of anilines is 1. The van der Waals surface area contributed by atoms with E-state index in [1.54, 1.807) is 0 Å². The lowest BCUT2D eigenvalue weighted by Gasteiger charge is -2.04. The largest absolute Gasteiger partial charge is 0.382 e. The highest BCUT2D eigenvalue weighted by molar-refractivity contribution is 6.01. The van der Waals surface area contributed by atoms with Crippen LogP contribution in [0.15, 0.2) is 34.9 Å². The minimum absolute atomic E-state index is 0.138. The van der Waals surface area contributed by atoms with Crippen molar-refractivity contribution in [2.45, 2.75) is 26.3 Å². The fourth-order valence-electron chi connectivity index (χ4n) is 2.24. The van der Waals surface area contributed by atoms with Gasteiger partial charge in [0.25, 0.3) is 5.91 Å². The second kappa shape index (κ2) is 6.53. The number of nitrogen functional groups attached to an aromatic ring is 1. The van der Waals surface area contributed by atoms with Crippen LogP contribution in [0, 0.1) is 0 Å². The molecule has 0 saturated carbocycles. The zero-order chi connectivity index (χ0) is 17.1. The van der Waals surface area contributed by atoms with Gasteiger partial charge in [-0.15, -0.1) is 0 Å². The first-order valence-corrected chi connectivity index (χ1v) is 7.56. The number of hydrogen-bond acceptors (Lipinski definition) is 6. The van der Waals surface area contributed by atoms with Gasteiger partial charge >= 0.3 is 0 Å². The van der Waals surface area contributed by atoms with Gasteiger partial charge in [-0.1, -0.05) is 49.3 Å². The number of H-pyrrole nitrogens is 1. The summed E-state index contributed by atoms with van der Waals surface area (Å²) in [6, 6.07) is 9.37. The minimum Gasteiger partial charge on any atom is -0.382 e. The van der Waals surface area contributed by atoms with E-state index >= 15 is 0 Å². The van der Waals surface area contributed by atoms with Gasteiger partial charge in [0.05, 0.1) is 12.1 Å². The van der Waals surface area contributed by atoms with Crippen molar-refractivity contribution in [2.24, 2.45) is 0 Å². The summed E-state index contributed by atoms with van der Waals surface area (Å²) >= 11 is 0. The Bertz CT molecular complexity index is 837. The van der Waals surface area contributed by atoms with Crippen LogP contribution in [0.5, 0.6) is 0 Å². The lowest BCUT2D eigenvalue weighted by Crippen LogP contribution is -2.24. The third-order valence-electron chi connectivity index (χ3n) is 3.47. The zero-order valence-corrected chi connectivity index (χ0v) is 13.4. The molecule has 1 amide bonds. The molecule has 0 fully saturated rings. The number of nitrogens with zero attached hydrogens (tertiary/aromatic N) is 3. The van der Waals surface area contributed by atoms with Gasteiger partial charge in [0.15, 0.2) is 11.6 Å².